The maximum atomic E-state index is 2.70. The second-order valence-electron chi connectivity index (χ2n) is 12.3. The monoisotopic (exact) mass is 681 g/mol. The summed E-state index contributed by atoms with van der Waals surface area (Å²) in [5, 5.41) is 0. The molecule has 4 aliphatic carbocycles. The van der Waals surface area contributed by atoms with Crippen molar-refractivity contribution in [2.75, 3.05) is 0 Å². The topological polar surface area (TPSA) is 0 Å². The first-order valence-corrected chi connectivity index (χ1v) is 22.3. The van der Waals surface area contributed by atoms with Crippen LogP contribution in [-0.4, -0.2) is 0 Å². The maximum absolute atomic E-state index is 2.70. The predicted molar refractivity (Wildman–Crippen MR) is 230 cm³/mol. The molecule has 0 aromatic heterocycles. The molecule has 0 radical (unpaired) electrons. The Bertz CT molecular complexity index is 985. The van der Waals surface area contributed by atoms with E-state index in [-0.39, 0.29) is 0 Å². The summed E-state index contributed by atoms with van der Waals surface area (Å²) in [7, 11) is 0. The van der Waals surface area contributed by atoms with Gasteiger partial charge in [-0.3, -0.25) is 0 Å². The normalized spacial score (nSPS) is 27.7. The Morgan fingerprint density at radius 2 is 0.857 bits per heavy atom. The Hall–Kier alpha value is -1.56. The molecule has 2 aromatic carbocycles. The van der Waals surface area contributed by atoms with Gasteiger partial charge in [-0.05, 0) is 120 Å². The summed E-state index contributed by atoms with van der Waals surface area (Å²) in [6.07, 6.45) is 14.3. The Morgan fingerprint density at radius 1 is 0.490 bits per heavy atom. The summed E-state index contributed by atoms with van der Waals surface area (Å²) < 4.78 is 0. The number of hydrogen-bond donors (Lipinski definition) is 0. The second kappa shape index (κ2) is 31.2. The van der Waals surface area contributed by atoms with Gasteiger partial charge in [0.15, 0.2) is 0 Å². The molecule has 4 unspecified atom stereocenters. The highest BCUT2D eigenvalue weighted by Gasteiger charge is 2.65. The molecule has 8 atom stereocenters. The largest absolute Gasteiger partial charge is 0.0683 e. The van der Waals surface area contributed by atoms with Gasteiger partial charge in [0.1, 0.15) is 0 Å². The summed E-state index contributed by atoms with van der Waals surface area (Å²) in [4.78, 5) is 0. The van der Waals surface area contributed by atoms with E-state index in [0.29, 0.717) is 5.41 Å². The third kappa shape index (κ3) is 12.3. The van der Waals surface area contributed by atoms with Gasteiger partial charge in [0.05, 0.1) is 0 Å². The lowest BCUT2D eigenvalue weighted by molar-refractivity contribution is -0.0888. The van der Waals surface area contributed by atoms with E-state index < -0.39 is 0 Å². The zero-order valence-electron chi connectivity index (χ0n) is 37.2. The third-order valence-electron chi connectivity index (χ3n) is 11.3. The summed E-state index contributed by atoms with van der Waals surface area (Å²) in [6, 6.07) is 18.9. The first-order chi connectivity index (χ1) is 24.2. The highest BCUT2D eigenvalue weighted by atomic mass is 14.7. The molecular formula is C49H92. The molecule has 0 heterocycles. The van der Waals surface area contributed by atoms with Crippen LogP contribution in [0.3, 0.4) is 0 Å². The van der Waals surface area contributed by atoms with Crippen LogP contribution in [0.2, 0.25) is 0 Å². The quantitative estimate of drug-likeness (QED) is 0.301. The van der Waals surface area contributed by atoms with E-state index in [1.165, 1.54) is 57.8 Å². The molecule has 0 bridgehead atoms. The van der Waals surface area contributed by atoms with Gasteiger partial charge >= 0.3 is 0 Å². The Morgan fingerprint density at radius 3 is 1.27 bits per heavy atom. The average Bonchev–Trinajstić information content (AvgIpc) is 3.81. The Labute approximate surface area is 312 Å². The second-order valence-corrected chi connectivity index (χ2v) is 12.3. The van der Waals surface area contributed by atoms with E-state index in [4.69, 9.17) is 0 Å². The minimum absolute atomic E-state index is 0.649. The zero-order valence-corrected chi connectivity index (χ0v) is 37.2. The van der Waals surface area contributed by atoms with Crippen molar-refractivity contribution in [2.24, 2.45) is 35.0 Å². The Balaban J connectivity index is -0.00000117. The molecule has 4 aliphatic rings. The van der Waals surface area contributed by atoms with Crippen molar-refractivity contribution in [1.29, 1.82) is 0 Å². The number of hydrogen-bond acceptors (Lipinski definition) is 0. The summed E-state index contributed by atoms with van der Waals surface area (Å²) >= 11 is 0. The van der Waals surface area contributed by atoms with E-state index in [9.17, 15) is 0 Å². The van der Waals surface area contributed by atoms with Crippen LogP contribution in [0.25, 0.3) is 0 Å². The van der Waals surface area contributed by atoms with Gasteiger partial charge in [-0.1, -0.05) is 193 Å². The number of benzene rings is 2. The lowest BCUT2D eigenvalue weighted by Crippen LogP contribution is -2.52. The number of aryl methyl sites for hydroxylation is 2. The molecule has 4 saturated carbocycles. The van der Waals surface area contributed by atoms with Gasteiger partial charge in [-0.15, -0.1) is 0 Å². The standard InChI is InChI=1S/C33H44.8C2H6/c1-4-23-11-6-8-14-30(23)26-17-22(3)33-28(18-25-13-10-16-32(25)33)20-27(21-29(33)19-26)31-15-9-7-12-24(31)5-2;8*1-2/h6-9,11-12,14-15,22,25-29,32H,4-5,10,13,16-21H2,1-3H3;8*1-2H3/t22-,25?,26?,27?,28+,29-,32?,33-;;;;;;;;/m0......../s1. The highest BCUT2D eigenvalue weighted by Crippen LogP contribution is 2.73. The molecule has 0 aliphatic heterocycles. The molecule has 0 heteroatoms. The van der Waals surface area contributed by atoms with Crippen LogP contribution in [0, 0.1) is 35.0 Å². The zero-order chi connectivity index (χ0) is 38.6. The Kier molecular flexibility index (Phi) is 33.0. The molecule has 49 heavy (non-hydrogen) atoms. The fraction of sp³-hybridized carbons (Fsp3) is 0.755. The van der Waals surface area contributed by atoms with Crippen molar-refractivity contribution in [3.63, 3.8) is 0 Å². The van der Waals surface area contributed by atoms with E-state index in [1.807, 2.05) is 111 Å². The van der Waals surface area contributed by atoms with Gasteiger partial charge in [0, 0.05) is 0 Å². The smallest absolute Gasteiger partial charge is 0.0154 e. The number of rotatable bonds is 4. The highest BCUT2D eigenvalue weighted by molar-refractivity contribution is 5.34. The van der Waals surface area contributed by atoms with Crippen LogP contribution in [-0.2, 0) is 12.8 Å². The lowest BCUT2D eigenvalue weighted by atomic mass is 9.45. The van der Waals surface area contributed by atoms with Gasteiger partial charge in [0.25, 0.3) is 0 Å². The van der Waals surface area contributed by atoms with Crippen molar-refractivity contribution >= 4 is 0 Å². The summed E-state index contributed by atoms with van der Waals surface area (Å²) in [6.45, 7) is 39.4. The SMILES string of the molecule is CC.CC.CC.CC.CC.CC.CC.CC.CCc1ccccc1C1C[C@@H]2CC(c3ccccc3CC)C[C@H](C)[C@@]23C2CCCC2C[C@@H]3C1. The van der Waals surface area contributed by atoms with Crippen LogP contribution in [0.1, 0.15) is 217 Å². The molecule has 0 nitrogen and oxygen atoms in total. The van der Waals surface area contributed by atoms with Crippen LogP contribution < -0.4 is 0 Å². The molecule has 2 aromatic rings. The lowest BCUT2D eigenvalue weighted by Gasteiger charge is -2.60. The molecule has 0 amide bonds. The average molecular weight is 681 g/mol. The minimum atomic E-state index is 0.649. The van der Waals surface area contributed by atoms with Crippen molar-refractivity contribution in [2.45, 2.75) is 208 Å². The first-order valence-electron chi connectivity index (χ1n) is 22.3. The molecule has 0 N–H and O–H groups in total. The van der Waals surface area contributed by atoms with E-state index in [1.54, 1.807) is 28.7 Å². The molecule has 4 fully saturated rings. The summed E-state index contributed by atoms with van der Waals surface area (Å²) in [5.41, 5.74) is 7.27. The van der Waals surface area contributed by atoms with Crippen molar-refractivity contribution in [3.8, 4) is 0 Å². The van der Waals surface area contributed by atoms with Crippen molar-refractivity contribution in [1.82, 2.24) is 0 Å². The fourth-order valence-corrected chi connectivity index (χ4v) is 10.3. The molecule has 1 spiro atoms. The van der Waals surface area contributed by atoms with E-state index in [2.05, 4.69) is 69.3 Å². The van der Waals surface area contributed by atoms with Gasteiger partial charge < -0.3 is 0 Å². The predicted octanol–water partition coefficient (Wildman–Crippen LogP) is 17.2. The third-order valence-corrected chi connectivity index (χ3v) is 11.3. The maximum Gasteiger partial charge on any atom is -0.0154 e. The molecule has 288 valence electrons. The fourth-order valence-electron chi connectivity index (χ4n) is 10.3. The van der Waals surface area contributed by atoms with Gasteiger partial charge in [-0.25, -0.2) is 0 Å². The van der Waals surface area contributed by atoms with Crippen molar-refractivity contribution < 1.29 is 0 Å². The van der Waals surface area contributed by atoms with E-state index in [0.717, 1.165) is 41.4 Å². The van der Waals surface area contributed by atoms with Crippen LogP contribution in [0.5, 0.6) is 0 Å². The number of fused-ring (bicyclic) bond motifs is 1. The molecule has 0 saturated heterocycles. The van der Waals surface area contributed by atoms with Crippen molar-refractivity contribution in [3.05, 3.63) is 70.8 Å². The van der Waals surface area contributed by atoms with E-state index >= 15 is 0 Å². The van der Waals surface area contributed by atoms with Crippen LogP contribution >= 0.6 is 0 Å². The molecule has 6 rings (SSSR count). The van der Waals surface area contributed by atoms with Crippen LogP contribution in [0.15, 0.2) is 48.5 Å². The van der Waals surface area contributed by atoms with Gasteiger partial charge in [0.2, 0.25) is 0 Å². The summed E-state index contributed by atoms with van der Waals surface area (Å²) in [5.74, 6) is 6.40. The minimum Gasteiger partial charge on any atom is -0.0683 e. The van der Waals surface area contributed by atoms with Crippen LogP contribution in [0.4, 0.5) is 0 Å². The first kappa shape index (κ1) is 51.8. The molecular weight excluding hydrogens is 589 g/mol. The van der Waals surface area contributed by atoms with Gasteiger partial charge in [-0.2, -0.15) is 0 Å².